The van der Waals surface area contributed by atoms with Crippen LogP contribution in [0.3, 0.4) is 0 Å². The van der Waals surface area contributed by atoms with Gasteiger partial charge in [0.2, 0.25) is 0 Å². The second-order valence-electron chi connectivity index (χ2n) is 6.96. The molecular weight excluding hydrogens is 380 g/mol. The number of fused-ring (bicyclic) bond motifs is 1. The molecule has 7 nitrogen and oxygen atoms in total. The first kappa shape index (κ1) is 20.1. The average molecular weight is 403 g/mol. The summed E-state index contributed by atoms with van der Waals surface area (Å²) in [4.78, 5) is 25.3. The number of nitrogens with zero attached hydrogens (tertiary/aromatic N) is 2. The monoisotopic (exact) mass is 402 g/mol. The van der Waals surface area contributed by atoms with Crippen molar-refractivity contribution in [3.05, 3.63) is 57.6 Å². The van der Waals surface area contributed by atoms with Gasteiger partial charge in [-0.2, -0.15) is 5.10 Å². The molecule has 2 aromatic heterocycles. The number of carbonyl (C=O) groups is 1. The second-order valence-corrected chi connectivity index (χ2v) is 6.96. The number of hydrogen-bond donors (Lipinski definition) is 2. The van der Waals surface area contributed by atoms with Crippen molar-refractivity contribution < 1.29 is 9.21 Å². The van der Waals surface area contributed by atoms with Crippen LogP contribution in [0.5, 0.6) is 0 Å². The lowest BCUT2D eigenvalue weighted by Gasteiger charge is -2.21. The van der Waals surface area contributed by atoms with Gasteiger partial charge in [-0.1, -0.05) is 12.1 Å². The molecule has 1 amide bonds. The summed E-state index contributed by atoms with van der Waals surface area (Å²) >= 11 is 0. The first-order valence-corrected chi connectivity index (χ1v) is 9.13. The molecule has 0 unspecified atom stereocenters. The molecule has 0 radical (unpaired) electrons. The molecule has 2 N–H and O–H groups in total. The van der Waals surface area contributed by atoms with Gasteiger partial charge in [-0.05, 0) is 56.6 Å². The highest BCUT2D eigenvalue weighted by Gasteiger charge is 2.23. The number of para-hydroxylation sites is 1. The molecule has 3 aromatic rings. The van der Waals surface area contributed by atoms with E-state index in [1.54, 1.807) is 11.6 Å². The predicted octanol–water partition coefficient (Wildman–Crippen LogP) is 2.98. The van der Waals surface area contributed by atoms with E-state index >= 15 is 0 Å². The number of halogens is 1. The zero-order valence-electron chi connectivity index (χ0n) is 15.8. The van der Waals surface area contributed by atoms with Crippen LogP contribution >= 0.6 is 12.4 Å². The maximum atomic E-state index is 12.8. The number of aromatic nitrogens is 2. The Morgan fingerprint density at radius 2 is 2.00 bits per heavy atom. The number of aryl methyl sites for hydroxylation is 2. The summed E-state index contributed by atoms with van der Waals surface area (Å²) < 4.78 is 7.21. The van der Waals surface area contributed by atoms with Crippen molar-refractivity contribution in [2.45, 2.75) is 25.7 Å². The van der Waals surface area contributed by atoms with E-state index in [1.165, 1.54) is 0 Å². The summed E-state index contributed by atoms with van der Waals surface area (Å²) in [6, 6.07) is 9.42. The Morgan fingerprint density at radius 1 is 1.29 bits per heavy atom. The van der Waals surface area contributed by atoms with E-state index in [9.17, 15) is 9.59 Å². The molecule has 0 atom stereocenters. The van der Waals surface area contributed by atoms with E-state index in [1.807, 2.05) is 37.4 Å². The van der Waals surface area contributed by atoms with Gasteiger partial charge in [-0.25, -0.2) is 4.79 Å². The fourth-order valence-electron chi connectivity index (χ4n) is 3.69. The van der Waals surface area contributed by atoms with Crippen LogP contribution in [0.2, 0.25) is 0 Å². The molecule has 0 spiro atoms. The number of hydrogen-bond acceptors (Lipinski definition) is 5. The largest absolute Gasteiger partial charge is 0.427 e. The molecule has 1 aliphatic rings. The maximum absolute atomic E-state index is 12.8. The van der Waals surface area contributed by atoms with Crippen molar-refractivity contribution in [1.82, 2.24) is 15.1 Å². The quantitative estimate of drug-likeness (QED) is 0.703. The predicted molar refractivity (Wildman–Crippen MR) is 110 cm³/mol. The zero-order chi connectivity index (χ0) is 19.0. The number of rotatable bonds is 3. The molecule has 8 heteroatoms. The van der Waals surface area contributed by atoms with Gasteiger partial charge in [0.25, 0.3) is 5.91 Å². The molecular formula is C20H23ClN4O3. The van der Waals surface area contributed by atoms with Crippen LogP contribution in [0, 0.1) is 6.92 Å². The van der Waals surface area contributed by atoms with E-state index in [0.717, 1.165) is 36.8 Å². The fourth-order valence-corrected chi connectivity index (χ4v) is 3.69. The van der Waals surface area contributed by atoms with Crippen LogP contribution in [0.25, 0.3) is 10.9 Å². The highest BCUT2D eigenvalue weighted by atomic mass is 35.5. The molecule has 3 heterocycles. The van der Waals surface area contributed by atoms with Gasteiger partial charge < -0.3 is 15.1 Å². The molecule has 148 valence electrons. The van der Waals surface area contributed by atoms with E-state index in [2.05, 4.69) is 15.7 Å². The summed E-state index contributed by atoms with van der Waals surface area (Å²) in [5, 5.41) is 11.2. The maximum Gasteiger partial charge on any atom is 0.349 e. The summed E-state index contributed by atoms with van der Waals surface area (Å²) in [6.45, 7) is 3.58. The minimum absolute atomic E-state index is 0. The van der Waals surface area contributed by atoms with Crippen LogP contribution in [0.15, 0.2) is 39.5 Å². The molecule has 0 aliphatic carbocycles. The number of amides is 1. The van der Waals surface area contributed by atoms with E-state index in [0.29, 0.717) is 17.1 Å². The molecule has 28 heavy (non-hydrogen) atoms. The Morgan fingerprint density at radius 3 is 2.71 bits per heavy atom. The normalized spacial score (nSPS) is 14.6. The van der Waals surface area contributed by atoms with Gasteiger partial charge in [-0.3, -0.25) is 9.48 Å². The molecule has 0 bridgehead atoms. The smallest absolute Gasteiger partial charge is 0.349 e. The first-order chi connectivity index (χ1) is 13.0. The number of anilines is 1. The molecule has 1 aliphatic heterocycles. The number of piperidine rings is 1. The van der Waals surface area contributed by atoms with Crippen molar-refractivity contribution in [2.75, 3.05) is 18.4 Å². The van der Waals surface area contributed by atoms with Crippen LogP contribution in [0.1, 0.15) is 40.4 Å². The summed E-state index contributed by atoms with van der Waals surface area (Å²) in [5.41, 5.74) is 0.957. The standard InChI is InChI=1S/C20H22N4O3.ClH/c1-12-11-16(13-7-9-21-10-8-13)27-20(26)17(12)19(25)22-18-14-5-3-4-6-15(14)24(2)23-18;/h3-6,11,13,21H,7-10H2,1-2H3,(H,22,23,25);1H. The van der Waals surface area contributed by atoms with Crippen molar-refractivity contribution in [2.24, 2.45) is 7.05 Å². The molecule has 1 aromatic carbocycles. The minimum atomic E-state index is -0.596. The van der Waals surface area contributed by atoms with Gasteiger partial charge in [-0.15, -0.1) is 12.4 Å². The first-order valence-electron chi connectivity index (χ1n) is 9.13. The average Bonchev–Trinajstić information content (AvgIpc) is 2.98. The Balaban J connectivity index is 0.00000225. The van der Waals surface area contributed by atoms with Gasteiger partial charge in [0.05, 0.1) is 5.52 Å². The lowest BCUT2D eigenvalue weighted by Crippen LogP contribution is -2.28. The van der Waals surface area contributed by atoms with Crippen LogP contribution < -0.4 is 16.3 Å². The summed E-state index contributed by atoms with van der Waals surface area (Å²) in [7, 11) is 1.81. The van der Waals surface area contributed by atoms with E-state index in [-0.39, 0.29) is 23.9 Å². The Labute approximate surface area is 168 Å². The Bertz CT molecular complexity index is 1070. The molecule has 4 rings (SSSR count). The Kier molecular flexibility index (Phi) is 5.86. The lowest BCUT2D eigenvalue weighted by molar-refractivity contribution is 0.102. The highest BCUT2D eigenvalue weighted by Crippen LogP contribution is 2.26. The van der Waals surface area contributed by atoms with Crippen LogP contribution in [-0.4, -0.2) is 28.8 Å². The third-order valence-electron chi connectivity index (χ3n) is 5.13. The van der Waals surface area contributed by atoms with Crippen molar-refractivity contribution >= 4 is 35.0 Å². The zero-order valence-corrected chi connectivity index (χ0v) is 16.6. The third-order valence-corrected chi connectivity index (χ3v) is 5.13. The van der Waals surface area contributed by atoms with Gasteiger partial charge >= 0.3 is 5.63 Å². The van der Waals surface area contributed by atoms with E-state index in [4.69, 9.17) is 4.42 Å². The molecule has 1 saturated heterocycles. The molecule has 1 fully saturated rings. The second kappa shape index (κ2) is 8.16. The molecule has 0 saturated carbocycles. The summed E-state index contributed by atoms with van der Waals surface area (Å²) in [6.07, 6.45) is 1.85. The van der Waals surface area contributed by atoms with Crippen molar-refractivity contribution in [1.29, 1.82) is 0 Å². The van der Waals surface area contributed by atoms with Crippen molar-refractivity contribution in [3.63, 3.8) is 0 Å². The highest BCUT2D eigenvalue weighted by molar-refractivity contribution is 6.08. The number of nitrogens with one attached hydrogen (secondary N) is 2. The lowest BCUT2D eigenvalue weighted by atomic mass is 9.94. The number of benzene rings is 1. The van der Waals surface area contributed by atoms with Crippen LogP contribution in [-0.2, 0) is 7.05 Å². The topological polar surface area (TPSA) is 89.2 Å². The number of carbonyl (C=O) groups excluding carboxylic acids is 1. The fraction of sp³-hybridized carbons (Fsp3) is 0.350. The van der Waals surface area contributed by atoms with E-state index < -0.39 is 11.5 Å². The van der Waals surface area contributed by atoms with Gasteiger partial charge in [0, 0.05) is 18.4 Å². The Hall–Kier alpha value is -2.64. The SMILES string of the molecule is Cc1cc(C2CCNCC2)oc(=O)c1C(=O)Nc1nn(C)c2ccccc12.Cl. The minimum Gasteiger partial charge on any atom is -0.427 e. The summed E-state index contributed by atoms with van der Waals surface area (Å²) in [5.74, 6) is 0.814. The van der Waals surface area contributed by atoms with Gasteiger partial charge in [0.15, 0.2) is 5.82 Å². The van der Waals surface area contributed by atoms with Crippen molar-refractivity contribution in [3.8, 4) is 0 Å². The third kappa shape index (κ3) is 3.68. The van der Waals surface area contributed by atoms with Crippen LogP contribution in [0.4, 0.5) is 5.82 Å². The van der Waals surface area contributed by atoms with Gasteiger partial charge in [0.1, 0.15) is 11.3 Å².